The minimum atomic E-state index is -4.65. The van der Waals surface area contributed by atoms with E-state index in [1.165, 1.54) is 23.1 Å². The predicted octanol–water partition coefficient (Wildman–Crippen LogP) is 6.16. The van der Waals surface area contributed by atoms with Gasteiger partial charge < -0.3 is 19.8 Å². The predicted molar refractivity (Wildman–Crippen MR) is 176 cm³/mol. The lowest BCUT2D eigenvalue weighted by Crippen LogP contribution is -2.42. The molecule has 2 N–H and O–H groups in total. The lowest BCUT2D eigenvalue weighted by atomic mass is 9.68. The molecule has 14 heteroatoms. The molecular weight excluding hydrogens is 680 g/mol. The van der Waals surface area contributed by atoms with E-state index in [9.17, 15) is 32.3 Å². The highest BCUT2D eigenvalue weighted by Gasteiger charge is 2.69. The lowest BCUT2D eigenvalue weighted by molar-refractivity contribution is -0.137. The first-order chi connectivity index (χ1) is 23.5. The monoisotopic (exact) mass is 707 g/mol. The van der Waals surface area contributed by atoms with Crippen molar-refractivity contribution >= 4 is 52.2 Å². The number of carbonyl (C=O) groups is 3. The van der Waals surface area contributed by atoms with E-state index in [1.807, 2.05) is 12.1 Å². The Morgan fingerprint density at radius 3 is 2.39 bits per heavy atom. The molecule has 2 bridgehead atoms. The van der Waals surface area contributed by atoms with E-state index >= 15 is 0 Å². The zero-order chi connectivity index (χ0) is 34.2. The maximum Gasteiger partial charge on any atom is 0.418 e. The van der Waals surface area contributed by atoms with Crippen molar-refractivity contribution in [3.8, 4) is 11.5 Å². The molecule has 1 saturated heterocycles. The fourth-order valence-corrected chi connectivity index (χ4v) is 11.3. The summed E-state index contributed by atoms with van der Waals surface area (Å²) in [6.45, 7) is -0.560. The number of hydrogen-bond acceptors (Lipinski definition) is 8. The normalized spacial score (nSPS) is 26.7. The van der Waals surface area contributed by atoms with Gasteiger partial charge in [0.2, 0.25) is 11.8 Å². The van der Waals surface area contributed by atoms with Crippen LogP contribution in [0.4, 0.5) is 24.5 Å². The molecule has 3 aromatic carbocycles. The number of carbonyl (C=O) groups excluding carboxylic acids is 3. The Labute approximate surface area is 285 Å². The Morgan fingerprint density at radius 1 is 0.959 bits per heavy atom. The van der Waals surface area contributed by atoms with Crippen LogP contribution in [-0.4, -0.2) is 41.7 Å². The standard InChI is InChI=1S/C35H28F3N3O6S2/c1-46-17-12-10-16(11-13-17)41-32(43)27-19-14-20(28(27)33(41)44)29-26(19)25(30-31(48-29)40-34(45)49-30)18-6-2-5-9-23(18)47-15-24(42)39-22-8-4-3-7-21(22)35(36,37)38/h2-13,19-20,25-29H,14-15H2,1H3,(H,39,42)(H,40,45)/t19-,20-,25+,26-,27+,28+,29-/m1/s1. The Bertz CT molecular complexity index is 2050. The number of halogens is 3. The highest BCUT2D eigenvalue weighted by atomic mass is 32.2. The number of aromatic amines is 1. The van der Waals surface area contributed by atoms with E-state index < -0.39 is 36.1 Å². The number of rotatable bonds is 7. The van der Waals surface area contributed by atoms with Crippen molar-refractivity contribution in [3.05, 3.63) is 98.5 Å². The highest BCUT2D eigenvalue weighted by molar-refractivity contribution is 8.00. The Morgan fingerprint density at radius 2 is 1.65 bits per heavy atom. The molecule has 3 fully saturated rings. The maximum absolute atomic E-state index is 14.1. The SMILES string of the molecule is COc1ccc(N2C(=O)[C@H]3[C@H]4C[C@@H]([C@@H]3C2=O)[C@@H]2[C@H](c3ccccc3OCC(=O)Nc3ccccc3C(F)(F)F)c3sc(=O)[nH]c3S[C@H]42)cc1. The van der Waals surface area contributed by atoms with Crippen molar-refractivity contribution in [2.24, 2.45) is 29.6 Å². The fourth-order valence-electron chi connectivity index (χ4n) is 8.39. The van der Waals surface area contributed by atoms with Crippen LogP contribution < -0.4 is 24.6 Å². The van der Waals surface area contributed by atoms with E-state index in [0.717, 1.165) is 22.3 Å². The first-order valence-corrected chi connectivity index (χ1v) is 17.3. The largest absolute Gasteiger partial charge is 0.497 e. The number of alkyl halides is 3. The molecule has 8 rings (SSSR count). The van der Waals surface area contributed by atoms with Gasteiger partial charge in [-0.2, -0.15) is 13.2 Å². The van der Waals surface area contributed by atoms with Crippen molar-refractivity contribution < 1.29 is 37.0 Å². The van der Waals surface area contributed by atoms with Gasteiger partial charge in [0.25, 0.3) is 5.91 Å². The molecular formula is C35H28F3N3O6S2. The number of thioether (sulfide) groups is 1. The number of imide groups is 1. The number of nitrogens with one attached hydrogen (secondary N) is 2. The summed E-state index contributed by atoms with van der Waals surface area (Å²) >= 11 is 2.64. The molecule has 1 aromatic heterocycles. The van der Waals surface area contributed by atoms with Gasteiger partial charge in [-0.05, 0) is 66.6 Å². The lowest BCUT2D eigenvalue weighted by Gasteiger charge is -2.43. The maximum atomic E-state index is 14.1. The van der Waals surface area contributed by atoms with Gasteiger partial charge in [0.1, 0.15) is 11.5 Å². The van der Waals surface area contributed by atoms with Crippen molar-refractivity contribution in [1.82, 2.24) is 4.98 Å². The third-order valence-corrected chi connectivity index (χ3v) is 12.8. The number of fused-ring (bicyclic) bond motifs is 9. The van der Waals surface area contributed by atoms with Crippen molar-refractivity contribution in [3.63, 3.8) is 0 Å². The first-order valence-electron chi connectivity index (χ1n) is 15.6. The zero-order valence-electron chi connectivity index (χ0n) is 25.7. The van der Waals surface area contributed by atoms with Crippen LogP contribution in [-0.2, 0) is 20.6 Å². The van der Waals surface area contributed by atoms with Crippen LogP contribution in [0.2, 0.25) is 0 Å². The van der Waals surface area contributed by atoms with Gasteiger partial charge >= 0.3 is 11.0 Å². The minimum Gasteiger partial charge on any atom is -0.497 e. The number of thiazole rings is 1. The molecule has 2 aliphatic carbocycles. The van der Waals surface area contributed by atoms with E-state index in [-0.39, 0.29) is 51.3 Å². The number of benzene rings is 3. The number of ether oxygens (including phenoxy) is 2. The number of hydrogen-bond donors (Lipinski definition) is 2. The summed E-state index contributed by atoms with van der Waals surface area (Å²) in [5.41, 5.74) is -0.146. The average Bonchev–Trinajstić information content (AvgIpc) is 3.82. The van der Waals surface area contributed by atoms with Crippen LogP contribution in [0, 0.1) is 29.6 Å². The van der Waals surface area contributed by atoms with E-state index in [1.54, 1.807) is 55.3 Å². The molecule has 0 spiro atoms. The summed E-state index contributed by atoms with van der Waals surface area (Å²) in [5, 5.41) is 2.95. The second-order valence-electron chi connectivity index (χ2n) is 12.6. The molecule has 252 valence electrons. The molecule has 4 aromatic rings. The van der Waals surface area contributed by atoms with Gasteiger partial charge in [0.05, 0.1) is 40.9 Å². The number of nitrogens with zero attached hydrogens (tertiary/aromatic N) is 1. The third kappa shape index (κ3) is 5.14. The first kappa shape index (κ1) is 31.7. The Kier molecular flexibility index (Phi) is 7.63. The molecule has 3 heterocycles. The second kappa shape index (κ2) is 11.8. The molecule has 0 unspecified atom stereocenters. The summed E-state index contributed by atoms with van der Waals surface area (Å²) in [5.74, 6) is -2.02. The van der Waals surface area contributed by atoms with Crippen LogP contribution in [0.15, 0.2) is 82.6 Å². The number of aromatic nitrogens is 1. The van der Waals surface area contributed by atoms with Gasteiger partial charge in [0.15, 0.2) is 6.61 Å². The molecule has 0 radical (unpaired) electrons. The molecule has 3 amide bonds. The Balaban J connectivity index is 1.10. The van der Waals surface area contributed by atoms with Crippen molar-refractivity contribution in [2.45, 2.75) is 28.8 Å². The zero-order valence-corrected chi connectivity index (χ0v) is 27.4. The van der Waals surface area contributed by atoms with E-state index in [2.05, 4.69) is 10.3 Å². The van der Waals surface area contributed by atoms with Gasteiger partial charge in [0, 0.05) is 21.6 Å². The average molecular weight is 708 g/mol. The summed E-state index contributed by atoms with van der Waals surface area (Å²) in [4.78, 5) is 58.4. The Hall–Kier alpha value is -4.56. The summed E-state index contributed by atoms with van der Waals surface area (Å²) in [6, 6.07) is 18.6. The van der Waals surface area contributed by atoms with E-state index in [4.69, 9.17) is 9.47 Å². The van der Waals surface area contributed by atoms with Gasteiger partial charge in [-0.15, -0.1) is 11.8 Å². The minimum absolute atomic E-state index is 0.0724. The van der Waals surface area contributed by atoms with Gasteiger partial charge in [-0.25, -0.2) is 0 Å². The van der Waals surface area contributed by atoms with Gasteiger partial charge in [-0.1, -0.05) is 41.7 Å². The van der Waals surface area contributed by atoms with Crippen molar-refractivity contribution in [1.29, 1.82) is 0 Å². The van der Waals surface area contributed by atoms with Crippen LogP contribution in [0.3, 0.4) is 0 Å². The molecule has 7 atom stereocenters. The smallest absolute Gasteiger partial charge is 0.418 e. The molecule has 49 heavy (non-hydrogen) atoms. The van der Waals surface area contributed by atoms with Crippen LogP contribution in [0.1, 0.15) is 28.3 Å². The number of amides is 3. The van der Waals surface area contributed by atoms with Crippen molar-refractivity contribution in [2.75, 3.05) is 23.9 Å². The highest BCUT2D eigenvalue weighted by Crippen LogP contribution is 2.69. The van der Waals surface area contributed by atoms with E-state index in [0.29, 0.717) is 34.2 Å². The summed E-state index contributed by atoms with van der Waals surface area (Å²) in [7, 11) is 1.54. The van der Waals surface area contributed by atoms with Gasteiger partial charge in [-0.3, -0.25) is 24.1 Å². The fraction of sp³-hybridized carbons (Fsp3) is 0.314. The molecule has 2 aliphatic heterocycles. The third-order valence-electron chi connectivity index (χ3n) is 10.2. The number of H-pyrrole nitrogens is 1. The molecule has 4 aliphatic rings. The topological polar surface area (TPSA) is 118 Å². The molecule has 2 saturated carbocycles. The molecule has 9 nitrogen and oxygen atoms in total. The number of para-hydroxylation sites is 2. The number of anilines is 2. The summed E-state index contributed by atoms with van der Waals surface area (Å²) in [6.07, 6.45) is -3.97. The number of methoxy groups -OCH3 is 1. The second-order valence-corrected chi connectivity index (χ2v) is 14.8. The summed E-state index contributed by atoms with van der Waals surface area (Å²) < 4.78 is 51.8. The van der Waals surface area contributed by atoms with Crippen LogP contribution in [0.5, 0.6) is 11.5 Å². The van der Waals surface area contributed by atoms with Crippen LogP contribution >= 0.6 is 23.1 Å². The quantitative estimate of drug-likeness (QED) is 0.221. The van der Waals surface area contributed by atoms with Crippen LogP contribution in [0.25, 0.3) is 0 Å².